The Morgan fingerprint density at radius 3 is 2.47 bits per heavy atom. The lowest BCUT2D eigenvalue weighted by molar-refractivity contribution is -0.758. The van der Waals surface area contributed by atoms with Crippen molar-refractivity contribution in [2.24, 2.45) is 0 Å². The number of imidazole rings is 1. The van der Waals surface area contributed by atoms with Gasteiger partial charge in [-0.25, -0.2) is 19.4 Å². The number of aromatic nitrogens is 2. The number of aliphatic carboxylic acids is 1. The highest BCUT2D eigenvalue weighted by atomic mass is 16.5. The number of carbonyl (C=O) groups excluding carboxylic acids is 4. The van der Waals surface area contributed by atoms with Crippen LogP contribution in [0.5, 0.6) is 0 Å². The number of para-hydroxylation sites is 2. The zero-order chi connectivity index (χ0) is 27.1. The summed E-state index contributed by atoms with van der Waals surface area (Å²) in [4.78, 5) is 69.6. The SMILES string of the molecule is O=C(O)CC(NC(=O)C[N+]1(CCc2nc3ccccc3[nH]2)C(=O)CNC1=O)NC(=O)OCc1ccccc1. The Balaban J connectivity index is 1.40. The molecule has 0 saturated carbocycles. The van der Waals surface area contributed by atoms with E-state index in [1.165, 1.54) is 0 Å². The van der Waals surface area contributed by atoms with Crippen molar-refractivity contribution in [1.29, 1.82) is 0 Å². The van der Waals surface area contributed by atoms with E-state index in [0.29, 0.717) is 5.82 Å². The van der Waals surface area contributed by atoms with Gasteiger partial charge in [-0.3, -0.25) is 14.9 Å². The molecule has 5 N–H and O–H groups in total. The molecule has 4 rings (SSSR count). The van der Waals surface area contributed by atoms with E-state index < -0.39 is 53.5 Å². The number of ether oxygens (including phenoxy) is 1. The number of fused-ring (bicyclic) bond motifs is 1. The summed E-state index contributed by atoms with van der Waals surface area (Å²) in [6, 6.07) is 15.5. The molecule has 0 aliphatic carbocycles. The molecule has 2 heterocycles. The number of H-pyrrole nitrogens is 1. The lowest BCUT2D eigenvalue weighted by atomic mass is 10.2. The van der Waals surface area contributed by atoms with E-state index in [1.54, 1.807) is 30.3 Å². The summed E-state index contributed by atoms with van der Waals surface area (Å²) in [5.41, 5.74) is 2.24. The van der Waals surface area contributed by atoms with Crippen molar-refractivity contribution in [2.45, 2.75) is 25.6 Å². The average molecular weight is 524 g/mol. The summed E-state index contributed by atoms with van der Waals surface area (Å²) in [5, 5.41) is 16.4. The first-order valence-corrected chi connectivity index (χ1v) is 11.9. The van der Waals surface area contributed by atoms with Crippen LogP contribution in [-0.2, 0) is 32.1 Å². The van der Waals surface area contributed by atoms with Gasteiger partial charge in [0.1, 0.15) is 31.7 Å². The molecule has 2 atom stereocenters. The summed E-state index contributed by atoms with van der Waals surface area (Å²) in [6.07, 6.45) is -2.72. The molecular formula is C25H27N6O7+. The smallest absolute Gasteiger partial charge is 0.425 e. The molecule has 1 aromatic heterocycles. The van der Waals surface area contributed by atoms with Gasteiger partial charge in [0.05, 0.1) is 23.9 Å². The van der Waals surface area contributed by atoms with Crippen LogP contribution in [0.25, 0.3) is 11.0 Å². The van der Waals surface area contributed by atoms with Crippen LogP contribution in [0.3, 0.4) is 0 Å². The van der Waals surface area contributed by atoms with Gasteiger partial charge in [-0.05, 0) is 17.7 Å². The number of urea groups is 1. The molecular weight excluding hydrogens is 496 g/mol. The van der Waals surface area contributed by atoms with Gasteiger partial charge in [0.15, 0.2) is 6.54 Å². The Morgan fingerprint density at radius 1 is 1.05 bits per heavy atom. The van der Waals surface area contributed by atoms with E-state index in [-0.39, 0.29) is 26.1 Å². The number of carboxylic acid groups (broad SMARTS) is 1. The lowest BCUT2D eigenvalue weighted by Crippen LogP contribution is -2.60. The number of rotatable bonds is 11. The van der Waals surface area contributed by atoms with E-state index in [1.807, 2.05) is 24.3 Å². The minimum absolute atomic E-state index is 0.0476. The molecule has 13 nitrogen and oxygen atoms in total. The standard InChI is InChI=1S/C25H26N6O7/c32-21(29-20(12-23(34)35)30-25(37)38-15-16-6-2-1-3-7-16)14-31(22(33)13-26-24(31)36)11-10-19-27-17-8-4-5-9-18(17)28-19/h1-9,20H,10-15H2,(H4-,26,27,28,29,30,32,34,35,36,37)/p+1. The molecule has 38 heavy (non-hydrogen) atoms. The quantitative estimate of drug-likeness (QED) is 0.140. The zero-order valence-corrected chi connectivity index (χ0v) is 20.3. The van der Waals surface area contributed by atoms with Crippen LogP contribution >= 0.6 is 0 Å². The molecule has 13 heteroatoms. The van der Waals surface area contributed by atoms with E-state index in [0.717, 1.165) is 16.6 Å². The van der Waals surface area contributed by atoms with Crippen molar-refractivity contribution in [3.05, 3.63) is 66.0 Å². The third kappa shape index (κ3) is 6.31. The third-order valence-corrected chi connectivity index (χ3v) is 6.06. The van der Waals surface area contributed by atoms with Crippen LogP contribution in [0.1, 0.15) is 17.8 Å². The molecule has 1 fully saturated rings. The number of alkyl carbamates (subject to hydrolysis) is 1. The number of carboxylic acids is 1. The van der Waals surface area contributed by atoms with Crippen molar-refractivity contribution in [3.63, 3.8) is 0 Å². The lowest BCUT2D eigenvalue weighted by Gasteiger charge is -2.27. The summed E-state index contributed by atoms with van der Waals surface area (Å²) < 4.78 is 4.28. The number of carbonyl (C=O) groups is 5. The highest BCUT2D eigenvalue weighted by molar-refractivity contribution is 5.95. The Hall–Kier alpha value is -4.78. The predicted molar refractivity (Wildman–Crippen MR) is 132 cm³/mol. The number of quaternary nitrogens is 1. The van der Waals surface area contributed by atoms with E-state index in [4.69, 9.17) is 4.74 Å². The predicted octanol–water partition coefficient (Wildman–Crippen LogP) is 1.02. The summed E-state index contributed by atoms with van der Waals surface area (Å²) in [6.45, 7) is -0.929. The van der Waals surface area contributed by atoms with Gasteiger partial charge in [0.25, 0.3) is 5.91 Å². The number of hydrogen-bond acceptors (Lipinski definition) is 7. The number of nitrogens with zero attached hydrogens (tertiary/aromatic N) is 2. The van der Waals surface area contributed by atoms with Crippen molar-refractivity contribution >= 4 is 40.9 Å². The molecule has 0 bridgehead atoms. The second kappa shape index (κ2) is 11.5. The molecule has 5 amide bonds. The van der Waals surface area contributed by atoms with E-state index >= 15 is 0 Å². The maximum Gasteiger partial charge on any atom is 0.425 e. The van der Waals surface area contributed by atoms with Gasteiger partial charge < -0.3 is 25.5 Å². The topological polar surface area (TPSA) is 180 Å². The van der Waals surface area contributed by atoms with Crippen molar-refractivity contribution in [2.75, 3.05) is 19.6 Å². The van der Waals surface area contributed by atoms with Crippen LogP contribution < -0.4 is 16.0 Å². The van der Waals surface area contributed by atoms with Crippen LogP contribution in [0, 0.1) is 0 Å². The van der Waals surface area contributed by atoms with Crippen LogP contribution in [0.15, 0.2) is 54.6 Å². The Kier molecular flexibility index (Phi) is 7.97. The fourth-order valence-electron chi connectivity index (χ4n) is 4.16. The second-order valence-corrected chi connectivity index (χ2v) is 8.78. The molecule has 2 unspecified atom stereocenters. The summed E-state index contributed by atoms with van der Waals surface area (Å²) in [5.74, 6) is -2.05. The largest absolute Gasteiger partial charge is 0.481 e. The van der Waals surface area contributed by atoms with Gasteiger partial charge in [-0.1, -0.05) is 42.5 Å². The van der Waals surface area contributed by atoms with Crippen LogP contribution in [0.2, 0.25) is 0 Å². The number of aromatic amines is 1. The molecule has 1 aliphatic rings. The van der Waals surface area contributed by atoms with Gasteiger partial charge in [-0.15, -0.1) is 0 Å². The van der Waals surface area contributed by atoms with E-state index in [9.17, 15) is 29.1 Å². The number of amides is 5. The molecule has 198 valence electrons. The number of benzene rings is 2. The Morgan fingerprint density at radius 2 is 1.79 bits per heavy atom. The number of imide groups is 1. The summed E-state index contributed by atoms with van der Waals surface area (Å²) in [7, 11) is 0. The molecule has 2 aromatic carbocycles. The Labute approximate surface area is 216 Å². The fourth-order valence-corrected chi connectivity index (χ4v) is 4.16. The minimum Gasteiger partial charge on any atom is -0.481 e. The number of hydrogen-bond donors (Lipinski definition) is 5. The highest BCUT2D eigenvalue weighted by Crippen LogP contribution is 2.17. The Bertz CT molecular complexity index is 1310. The maximum absolute atomic E-state index is 12.9. The molecule has 0 radical (unpaired) electrons. The van der Waals surface area contributed by atoms with Crippen LogP contribution in [0.4, 0.5) is 9.59 Å². The normalized spacial score (nSPS) is 17.6. The first-order valence-electron chi connectivity index (χ1n) is 11.9. The molecule has 0 spiro atoms. The molecule has 1 aliphatic heterocycles. The first kappa shape index (κ1) is 26.3. The highest BCUT2D eigenvalue weighted by Gasteiger charge is 2.51. The van der Waals surface area contributed by atoms with Crippen molar-refractivity contribution in [3.8, 4) is 0 Å². The average Bonchev–Trinajstić information content (AvgIpc) is 3.42. The second-order valence-electron chi connectivity index (χ2n) is 8.78. The monoisotopic (exact) mass is 523 g/mol. The van der Waals surface area contributed by atoms with Crippen molar-refractivity contribution < 1.29 is 38.3 Å². The van der Waals surface area contributed by atoms with Gasteiger partial charge in [-0.2, -0.15) is 4.48 Å². The van der Waals surface area contributed by atoms with Gasteiger partial charge in [0.2, 0.25) is 0 Å². The molecule has 1 saturated heterocycles. The summed E-state index contributed by atoms with van der Waals surface area (Å²) >= 11 is 0. The van der Waals surface area contributed by atoms with Gasteiger partial charge in [0, 0.05) is 0 Å². The van der Waals surface area contributed by atoms with E-state index in [2.05, 4.69) is 25.9 Å². The first-order chi connectivity index (χ1) is 18.2. The maximum atomic E-state index is 12.9. The number of nitrogens with one attached hydrogen (secondary N) is 4. The molecule has 3 aromatic rings. The third-order valence-electron chi connectivity index (χ3n) is 6.06. The fraction of sp³-hybridized carbons (Fsp3) is 0.280. The minimum atomic E-state index is -1.33. The van der Waals surface area contributed by atoms with Crippen molar-refractivity contribution in [1.82, 2.24) is 25.9 Å². The van der Waals surface area contributed by atoms with Gasteiger partial charge >= 0.3 is 24.0 Å². The zero-order valence-electron chi connectivity index (χ0n) is 20.3. The van der Waals surface area contributed by atoms with Crippen LogP contribution in [-0.4, -0.2) is 75.3 Å².